The Labute approximate surface area is 124 Å². The average Bonchev–Trinajstić information content (AvgIpc) is 2.49. The smallest absolute Gasteiger partial charge is 0.224 e. The third-order valence-corrected chi connectivity index (χ3v) is 4.09. The van der Waals surface area contributed by atoms with Crippen molar-refractivity contribution in [2.45, 2.75) is 57.6 Å². The Morgan fingerprint density at radius 1 is 1.14 bits per heavy atom. The van der Waals surface area contributed by atoms with Crippen LogP contribution in [0.4, 0.5) is 5.95 Å². The Morgan fingerprint density at radius 2 is 1.90 bits per heavy atom. The van der Waals surface area contributed by atoms with Crippen LogP contribution in [-0.4, -0.2) is 32.2 Å². The van der Waals surface area contributed by atoms with Gasteiger partial charge in [0.2, 0.25) is 5.95 Å². The molecule has 5 nitrogen and oxygen atoms in total. The number of aliphatic hydroxyl groups is 1. The lowest BCUT2D eigenvalue weighted by Gasteiger charge is -2.26. The van der Waals surface area contributed by atoms with E-state index in [4.69, 9.17) is 0 Å². The predicted molar refractivity (Wildman–Crippen MR) is 83.3 cm³/mol. The lowest BCUT2D eigenvalue weighted by molar-refractivity contribution is 0.126. The maximum atomic E-state index is 9.55. The molecule has 0 bridgehead atoms. The van der Waals surface area contributed by atoms with Crippen LogP contribution in [0.1, 0.15) is 51.1 Å². The second kappa shape index (κ2) is 5.93. The van der Waals surface area contributed by atoms with E-state index in [1.807, 2.05) is 18.3 Å². The van der Waals surface area contributed by atoms with Gasteiger partial charge in [0.15, 0.2) is 5.65 Å². The summed E-state index contributed by atoms with van der Waals surface area (Å²) >= 11 is 0. The first kappa shape index (κ1) is 14.2. The van der Waals surface area contributed by atoms with Crippen molar-refractivity contribution in [2.75, 3.05) is 5.32 Å². The van der Waals surface area contributed by atoms with E-state index in [0.717, 1.165) is 42.4 Å². The van der Waals surface area contributed by atoms with Gasteiger partial charge in [-0.05, 0) is 43.7 Å². The van der Waals surface area contributed by atoms with Gasteiger partial charge in [-0.25, -0.2) is 9.97 Å². The molecule has 1 aliphatic rings. The summed E-state index contributed by atoms with van der Waals surface area (Å²) in [6.45, 7) is 4.25. The number of nitrogens with one attached hydrogen (secondary N) is 1. The minimum Gasteiger partial charge on any atom is -0.393 e. The van der Waals surface area contributed by atoms with Gasteiger partial charge in [-0.3, -0.25) is 0 Å². The van der Waals surface area contributed by atoms with Crippen LogP contribution in [0.25, 0.3) is 11.0 Å². The molecule has 0 unspecified atom stereocenters. The highest BCUT2D eigenvalue weighted by molar-refractivity contribution is 5.74. The van der Waals surface area contributed by atoms with Crippen molar-refractivity contribution in [3.05, 3.63) is 24.0 Å². The van der Waals surface area contributed by atoms with Crippen LogP contribution >= 0.6 is 0 Å². The molecule has 1 saturated carbocycles. The first-order valence-corrected chi connectivity index (χ1v) is 7.70. The van der Waals surface area contributed by atoms with Crippen molar-refractivity contribution in [2.24, 2.45) is 0 Å². The van der Waals surface area contributed by atoms with Gasteiger partial charge in [-0.2, -0.15) is 4.98 Å². The number of rotatable bonds is 3. The molecule has 2 aromatic heterocycles. The summed E-state index contributed by atoms with van der Waals surface area (Å²) in [6.07, 6.45) is 5.29. The number of hydrogen-bond donors (Lipinski definition) is 2. The van der Waals surface area contributed by atoms with Crippen molar-refractivity contribution in [1.29, 1.82) is 0 Å². The molecule has 0 aromatic carbocycles. The van der Waals surface area contributed by atoms with Crippen molar-refractivity contribution in [1.82, 2.24) is 15.0 Å². The fraction of sp³-hybridized carbons (Fsp3) is 0.562. The molecule has 1 aliphatic carbocycles. The van der Waals surface area contributed by atoms with E-state index in [1.54, 1.807) is 0 Å². The first-order chi connectivity index (χ1) is 10.1. The summed E-state index contributed by atoms with van der Waals surface area (Å²) in [5.74, 6) is 1.03. The predicted octanol–water partition coefficient (Wildman–Crippen LogP) is 2.86. The molecule has 1 fully saturated rings. The molecular formula is C16H22N4O. The van der Waals surface area contributed by atoms with Gasteiger partial charge < -0.3 is 10.4 Å². The zero-order valence-electron chi connectivity index (χ0n) is 12.6. The largest absolute Gasteiger partial charge is 0.393 e. The highest BCUT2D eigenvalue weighted by atomic mass is 16.3. The fourth-order valence-electron chi connectivity index (χ4n) is 2.72. The molecular weight excluding hydrogens is 264 g/mol. The molecule has 0 aliphatic heterocycles. The standard InChI is InChI=1S/C16H22N4O/c1-10(2)14-8-3-11-9-17-16(20-15(11)19-14)18-12-4-6-13(21)7-5-12/h3,8-10,12-13,21H,4-7H2,1-2H3,(H,17,18,19,20)/t12-,13-. The van der Waals surface area contributed by atoms with Gasteiger partial charge >= 0.3 is 0 Å². The fourth-order valence-corrected chi connectivity index (χ4v) is 2.72. The normalized spacial score (nSPS) is 22.7. The van der Waals surface area contributed by atoms with Crippen LogP contribution in [0.3, 0.4) is 0 Å². The van der Waals surface area contributed by atoms with Gasteiger partial charge in [-0.15, -0.1) is 0 Å². The minimum absolute atomic E-state index is 0.143. The zero-order chi connectivity index (χ0) is 14.8. The van der Waals surface area contributed by atoms with Gasteiger partial charge in [-0.1, -0.05) is 13.8 Å². The van der Waals surface area contributed by atoms with Crippen molar-refractivity contribution in [3.63, 3.8) is 0 Å². The van der Waals surface area contributed by atoms with E-state index in [9.17, 15) is 5.11 Å². The Kier molecular flexibility index (Phi) is 4.01. The molecule has 0 saturated heterocycles. The SMILES string of the molecule is CC(C)c1ccc2cnc(N[C@H]3CC[C@H](O)CC3)nc2n1. The second-order valence-electron chi connectivity index (χ2n) is 6.15. The second-order valence-corrected chi connectivity index (χ2v) is 6.15. The van der Waals surface area contributed by atoms with Crippen LogP contribution in [-0.2, 0) is 0 Å². The Balaban J connectivity index is 1.79. The summed E-state index contributed by atoms with van der Waals surface area (Å²) < 4.78 is 0. The van der Waals surface area contributed by atoms with E-state index in [0.29, 0.717) is 17.9 Å². The molecule has 0 atom stereocenters. The summed E-state index contributed by atoms with van der Waals surface area (Å²) in [5, 5.41) is 13.9. The van der Waals surface area contributed by atoms with Crippen molar-refractivity contribution >= 4 is 17.0 Å². The summed E-state index contributed by atoms with van der Waals surface area (Å²) in [5.41, 5.74) is 1.79. The molecule has 112 valence electrons. The quantitative estimate of drug-likeness (QED) is 0.908. The Hall–Kier alpha value is -1.75. The highest BCUT2D eigenvalue weighted by Gasteiger charge is 2.19. The number of nitrogens with zero attached hydrogens (tertiary/aromatic N) is 3. The molecule has 2 aromatic rings. The topological polar surface area (TPSA) is 70.9 Å². The van der Waals surface area contributed by atoms with Crippen LogP contribution < -0.4 is 5.32 Å². The summed E-state index contributed by atoms with van der Waals surface area (Å²) in [7, 11) is 0. The number of aliphatic hydroxyl groups excluding tert-OH is 1. The van der Waals surface area contributed by atoms with Gasteiger partial charge in [0.25, 0.3) is 0 Å². The van der Waals surface area contributed by atoms with Gasteiger partial charge in [0, 0.05) is 23.3 Å². The van der Waals surface area contributed by atoms with Crippen LogP contribution in [0, 0.1) is 0 Å². The van der Waals surface area contributed by atoms with Gasteiger partial charge in [0.05, 0.1) is 6.10 Å². The van der Waals surface area contributed by atoms with Crippen molar-refractivity contribution in [3.8, 4) is 0 Å². The van der Waals surface area contributed by atoms with Crippen molar-refractivity contribution < 1.29 is 5.11 Å². The Bertz CT molecular complexity index is 621. The molecule has 0 spiro atoms. The molecule has 5 heteroatoms. The number of aromatic nitrogens is 3. The molecule has 2 N–H and O–H groups in total. The zero-order valence-corrected chi connectivity index (χ0v) is 12.6. The first-order valence-electron chi connectivity index (χ1n) is 7.70. The maximum Gasteiger partial charge on any atom is 0.224 e. The summed E-state index contributed by atoms with van der Waals surface area (Å²) in [6, 6.07) is 4.41. The number of pyridine rings is 1. The number of hydrogen-bond acceptors (Lipinski definition) is 5. The third kappa shape index (κ3) is 3.29. The van der Waals surface area contributed by atoms with Crippen LogP contribution in [0.5, 0.6) is 0 Å². The highest BCUT2D eigenvalue weighted by Crippen LogP contribution is 2.22. The molecule has 0 radical (unpaired) electrons. The van der Waals surface area contributed by atoms with E-state index >= 15 is 0 Å². The van der Waals surface area contributed by atoms with E-state index in [2.05, 4.69) is 34.1 Å². The molecule has 2 heterocycles. The van der Waals surface area contributed by atoms with E-state index in [1.165, 1.54) is 0 Å². The maximum absolute atomic E-state index is 9.55. The molecule has 3 rings (SSSR count). The average molecular weight is 286 g/mol. The lowest BCUT2D eigenvalue weighted by atomic mass is 9.93. The van der Waals surface area contributed by atoms with Crippen LogP contribution in [0.2, 0.25) is 0 Å². The molecule has 21 heavy (non-hydrogen) atoms. The van der Waals surface area contributed by atoms with Crippen LogP contribution in [0.15, 0.2) is 18.3 Å². The monoisotopic (exact) mass is 286 g/mol. The van der Waals surface area contributed by atoms with E-state index in [-0.39, 0.29) is 6.10 Å². The summed E-state index contributed by atoms with van der Waals surface area (Å²) in [4.78, 5) is 13.5. The minimum atomic E-state index is -0.143. The number of fused-ring (bicyclic) bond motifs is 1. The lowest BCUT2D eigenvalue weighted by Crippen LogP contribution is -2.28. The van der Waals surface area contributed by atoms with E-state index < -0.39 is 0 Å². The van der Waals surface area contributed by atoms with Gasteiger partial charge in [0.1, 0.15) is 0 Å². The molecule has 0 amide bonds. The third-order valence-electron chi connectivity index (χ3n) is 4.09. The Morgan fingerprint density at radius 3 is 2.62 bits per heavy atom. The number of anilines is 1.